The van der Waals surface area contributed by atoms with Crippen LogP contribution >= 0.6 is 11.3 Å². The van der Waals surface area contributed by atoms with Crippen molar-refractivity contribution >= 4 is 42.3 Å². The molecule has 0 fully saturated rings. The maximum Gasteiger partial charge on any atom is 0.165 e. The molecule has 0 unspecified atom stereocenters. The Bertz CT molecular complexity index is 2930. The molecule has 0 aliphatic carbocycles. The Balaban J connectivity index is 1.16. The smallest absolute Gasteiger partial charge is 0.165 e. The maximum absolute atomic E-state index is 5.34. The molecule has 2 aromatic heterocycles. The molecule has 0 saturated carbocycles. The van der Waals surface area contributed by atoms with Crippen LogP contribution in [-0.2, 0) is 0 Å². The molecule has 0 amide bonds. The predicted octanol–water partition coefficient (Wildman–Crippen LogP) is 13.4. The molecule has 0 bridgehead atoms. The molecular formula is C49H31N3S. The Morgan fingerprint density at radius 1 is 0.321 bits per heavy atom. The van der Waals surface area contributed by atoms with Gasteiger partial charge in [-0.2, -0.15) is 0 Å². The normalized spacial score (nSPS) is 11.4. The third kappa shape index (κ3) is 5.66. The molecule has 2 heterocycles. The van der Waals surface area contributed by atoms with Gasteiger partial charge in [0.2, 0.25) is 0 Å². The van der Waals surface area contributed by atoms with Gasteiger partial charge in [0.25, 0.3) is 0 Å². The summed E-state index contributed by atoms with van der Waals surface area (Å²) in [6.45, 7) is 0. The predicted molar refractivity (Wildman–Crippen MR) is 223 cm³/mol. The van der Waals surface area contributed by atoms with Crippen LogP contribution in [0.1, 0.15) is 0 Å². The van der Waals surface area contributed by atoms with Crippen LogP contribution in [0.25, 0.3) is 98.5 Å². The van der Waals surface area contributed by atoms with E-state index in [1.807, 2.05) is 18.2 Å². The molecule has 0 atom stereocenters. The van der Waals surface area contributed by atoms with E-state index >= 15 is 0 Å². The summed E-state index contributed by atoms with van der Waals surface area (Å²) in [5.74, 6) is 1.97. The minimum Gasteiger partial charge on any atom is -0.208 e. The lowest BCUT2D eigenvalue weighted by Gasteiger charge is -2.15. The molecule has 10 rings (SSSR count). The molecule has 0 aliphatic rings. The van der Waals surface area contributed by atoms with Crippen molar-refractivity contribution in [3.8, 4) is 67.5 Å². The summed E-state index contributed by atoms with van der Waals surface area (Å²) in [6.07, 6.45) is 0. The average Bonchev–Trinajstić information content (AvgIpc) is 3.63. The number of nitrogens with zero attached hydrogens (tertiary/aromatic N) is 3. The third-order valence-corrected chi connectivity index (χ3v) is 11.2. The van der Waals surface area contributed by atoms with Gasteiger partial charge in [0.05, 0.1) is 0 Å². The minimum absolute atomic E-state index is 0.649. The molecular weight excluding hydrogens is 663 g/mol. The average molecular weight is 694 g/mol. The highest BCUT2D eigenvalue weighted by molar-refractivity contribution is 7.26. The van der Waals surface area contributed by atoms with E-state index in [0.717, 1.165) is 38.6 Å². The summed E-state index contributed by atoms with van der Waals surface area (Å²) < 4.78 is 2.43. The van der Waals surface area contributed by atoms with Crippen molar-refractivity contribution in [3.05, 3.63) is 188 Å². The van der Waals surface area contributed by atoms with Crippen molar-refractivity contribution < 1.29 is 0 Å². The highest BCUT2D eigenvalue weighted by atomic mass is 32.1. The highest BCUT2D eigenvalue weighted by Gasteiger charge is 2.20. The first-order valence-corrected chi connectivity index (χ1v) is 18.6. The van der Waals surface area contributed by atoms with E-state index in [9.17, 15) is 0 Å². The van der Waals surface area contributed by atoms with Crippen molar-refractivity contribution in [1.82, 2.24) is 15.0 Å². The second kappa shape index (κ2) is 13.1. The summed E-state index contributed by atoms with van der Waals surface area (Å²) in [7, 11) is 0. The van der Waals surface area contributed by atoms with Crippen molar-refractivity contribution in [2.45, 2.75) is 0 Å². The number of aromatic nitrogens is 3. The van der Waals surface area contributed by atoms with Crippen molar-refractivity contribution in [3.63, 3.8) is 0 Å². The maximum atomic E-state index is 5.34. The number of rotatable bonds is 6. The number of thiophene rings is 1. The van der Waals surface area contributed by atoms with Gasteiger partial charge in [0, 0.05) is 36.9 Å². The number of hydrogen-bond acceptors (Lipinski definition) is 4. The number of fused-ring (bicyclic) bond motifs is 4. The van der Waals surface area contributed by atoms with Crippen LogP contribution in [0.5, 0.6) is 0 Å². The van der Waals surface area contributed by atoms with Crippen LogP contribution in [0, 0.1) is 0 Å². The van der Waals surface area contributed by atoms with E-state index in [-0.39, 0.29) is 0 Å². The van der Waals surface area contributed by atoms with Crippen LogP contribution in [0.2, 0.25) is 0 Å². The molecule has 8 aromatic carbocycles. The lowest BCUT2D eigenvalue weighted by Crippen LogP contribution is -2.02. The molecule has 3 nitrogen and oxygen atoms in total. The number of hydrogen-bond donors (Lipinski definition) is 0. The van der Waals surface area contributed by atoms with Crippen molar-refractivity contribution in [2.24, 2.45) is 0 Å². The van der Waals surface area contributed by atoms with E-state index in [0.29, 0.717) is 17.5 Å². The van der Waals surface area contributed by atoms with E-state index in [1.165, 1.54) is 42.4 Å². The van der Waals surface area contributed by atoms with Gasteiger partial charge in [0.15, 0.2) is 17.5 Å². The van der Waals surface area contributed by atoms with E-state index in [2.05, 4.69) is 170 Å². The van der Waals surface area contributed by atoms with Gasteiger partial charge >= 0.3 is 0 Å². The summed E-state index contributed by atoms with van der Waals surface area (Å²) in [5.41, 5.74) is 9.88. The quantitative estimate of drug-likeness (QED) is 0.174. The van der Waals surface area contributed by atoms with Crippen LogP contribution in [-0.4, -0.2) is 15.0 Å². The fourth-order valence-corrected chi connectivity index (χ4v) is 8.56. The molecule has 4 heteroatoms. The fourth-order valence-electron chi connectivity index (χ4n) is 7.35. The van der Waals surface area contributed by atoms with Gasteiger partial charge in [-0.15, -0.1) is 11.3 Å². The van der Waals surface area contributed by atoms with Gasteiger partial charge < -0.3 is 0 Å². The zero-order chi connectivity index (χ0) is 35.1. The second-order valence-corrected chi connectivity index (χ2v) is 14.2. The van der Waals surface area contributed by atoms with Crippen LogP contribution in [0.4, 0.5) is 0 Å². The second-order valence-electron chi connectivity index (χ2n) is 13.2. The largest absolute Gasteiger partial charge is 0.208 e. The highest BCUT2D eigenvalue weighted by Crippen LogP contribution is 2.42. The van der Waals surface area contributed by atoms with Gasteiger partial charge in [-0.3, -0.25) is 0 Å². The standard InChI is InChI=1S/C49H31N3S/c1-3-13-32(14-4-1)37-18-11-19-38(31-37)33-25-27-35(28-26-33)40-30-29-34-15-7-8-20-39(34)45(40)49-51-47(36-16-5-2-6-17-36)50-48(52-49)43-23-12-22-42-41-21-9-10-24-44(41)53-46(42)43/h1-31H. The van der Waals surface area contributed by atoms with Crippen molar-refractivity contribution in [2.75, 3.05) is 0 Å². The Labute approximate surface area is 311 Å². The summed E-state index contributed by atoms with van der Waals surface area (Å²) in [4.78, 5) is 15.7. The molecule has 53 heavy (non-hydrogen) atoms. The molecule has 0 radical (unpaired) electrons. The fraction of sp³-hybridized carbons (Fsp3) is 0. The third-order valence-electron chi connectivity index (χ3n) is 9.96. The van der Waals surface area contributed by atoms with Crippen LogP contribution in [0.15, 0.2) is 188 Å². The Hall–Kier alpha value is -6.75. The summed E-state index contributed by atoms with van der Waals surface area (Å²) in [6, 6.07) is 66.3. The van der Waals surface area contributed by atoms with E-state index in [4.69, 9.17) is 15.0 Å². The Morgan fingerprint density at radius 2 is 0.887 bits per heavy atom. The topological polar surface area (TPSA) is 38.7 Å². The first kappa shape index (κ1) is 31.0. The molecule has 10 aromatic rings. The molecule has 0 spiro atoms. The van der Waals surface area contributed by atoms with Gasteiger partial charge in [0.1, 0.15) is 0 Å². The first-order valence-electron chi connectivity index (χ1n) is 17.8. The van der Waals surface area contributed by atoms with E-state index in [1.54, 1.807) is 11.3 Å². The monoisotopic (exact) mass is 693 g/mol. The Morgan fingerprint density at radius 3 is 1.68 bits per heavy atom. The van der Waals surface area contributed by atoms with Crippen molar-refractivity contribution in [1.29, 1.82) is 0 Å². The Kier molecular flexibility index (Phi) is 7.67. The lowest BCUT2D eigenvalue weighted by atomic mass is 9.92. The van der Waals surface area contributed by atoms with Crippen LogP contribution < -0.4 is 0 Å². The SMILES string of the molecule is c1ccc(-c2cccc(-c3ccc(-c4ccc5ccccc5c4-c4nc(-c5ccccc5)nc(-c5cccc6c5sc5ccccc56)n4)cc3)c2)cc1. The molecule has 0 aliphatic heterocycles. The van der Waals surface area contributed by atoms with Crippen LogP contribution in [0.3, 0.4) is 0 Å². The zero-order valence-corrected chi connectivity index (χ0v) is 29.5. The molecule has 248 valence electrons. The number of benzene rings is 8. The van der Waals surface area contributed by atoms with Gasteiger partial charge in [-0.1, -0.05) is 170 Å². The zero-order valence-electron chi connectivity index (χ0n) is 28.6. The first-order chi connectivity index (χ1) is 26.3. The molecule has 0 N–H and O–H groups in total. The minimum atomic E-state index is 0.649. The molecule has 0 saturated heterocycles. The lowest BCUT2D eigenvalue weighted by molar-refractivity contribution is 1.08. The van der Waals surface area contributed by atoms with E-state index < -0.39 is 0 Å². The van der Waals surface area contributed by atoms with Gasteiger partial charge in [-0.05, 0) is 62.4 Å². The summed E-state index contributed by atoms with van der Waals surface area (Å²) >= 11 is 1.79. The van der Waals surface area contributed by atoms with Gasteiger partial charge in [-0.25, -0.2) is 15.0 Å². The summed E-state index contributed by atoms with van der Waals surface area (Å²) in [5, 5.41) is 4.70.